The van der Waals surface area contributed by atoms with Crippen LogP contribution in [0.2, 0.25) is 0 Å². The second kappa shape index (κ2) is 7.66. The van der Waals surface area contributed by atoms with Crippen molar-refractivity contribution in [3.05, 3.63) is 54.4 Å². The fraction of sp³-hybridized carbons (Fsp3) is 0.389. The molecule has 0 spiro atoms. The fourth-order valence-electron chi connectivity index (χ4n) is 2.72. The maximum atomic E-state index is 12.4. The van der Waals surface area contributed by atoms with Gasteiger partial charge in [0.1, 0.15) is 5.82 Å². The Morgan fingerprint density at radius 3 is 2.83 bits per heavy atom. The lowest BCUT2D eigenvalue weighted by atomic mass is 10.0. The molecule has 6 heteroatoms. The number of hydrogen-bond acceptors (Lipinski definition) is 4. The summed E-state index contributed by atoms with van der Waals surface area (Å²) in [6, 6.07) is 10.3. The molecule has 1 aliphatic carbocycles. The van der Waals surface area contributed by atoms with E-state index >= 15 is 0 Å². The number of carbonyl (C=O) groups is 1. The topological polar surface area (TPSA) is 59.8 Å². The summed E-state index contributed by atoms with van der Waals surface area (Å²) in [7, 11) is 0. The second-order valence-corrected chi connectivity index (χ2v) is 6.95. The number of aryl methyl sites for hydroxylation is 1. The highest BCUT2D eigenvalue weighted by Gasteiger charge is 2.33. The van der Waals surface area contributed by atoms with Crippen molar-refractivity contribution >= 4 is 17.7 Å². The van der Waals surface area contributed by atoms with Gasteiger partial charge < -0.3 is 9.88 Å². The molecule has 1 saturated carbocycles. The van der Waals surface area contributed by atoms with Gasteiger partial charge in [0.15, 0.2) is 5.16 Å². The Kier molecular flexibility index (Phi) is 5.35. The Balaban J connectivity index is 1.60. The average Bonchev–Trinajstić information content (AvgIpc) is 3.38. The minimum atomic E-state index is 0.0339. The number of thioether (sulfide) groups is 1. The summed E-state index contributed by atoms with van der Waals surface area (Å²) in [5.41, 5.74) is 1.18. The molecular weight excluding hydrogens is 320 g/mol. The molecule has 0 radical (unpaired) electrons. The third kappa shape index (κ3) is 4.06. The van der Waals surface area contributed by atoms with Crippen molar-refractivity contribution in [2.45, 2.75) is 37.5 Å². The highest BCUT2D eigenvalue weighted by Crippen LogP contribution is 2.41. The maximum Gasteiger partial charge on any atom is 0.230 e. The minimum absolute atomic E-state index is 0.0339. The van der Waals surface area contributed by atoms with Gasteiger partial charge >= 0.3 is 0 Å². The molecule has 5 nitrogen and oxygen atoms in total. The lowest BCUT2D eigenvalue weighted by molar-refractivity contribution is -0.119. The van der Waals surface area contributed by atoms with Gasteiger partial charge in [0.25, 0.3) is 0 Å². The summed E-state index contributed by atoms with van der Waals surface area (Å²) in [5, 5.41) is 12.2. The van der Waals surface area contributed by atoms with Gasteiger partial charge in [0.2, 0.25) is 5.91 Å². The molecule has 0 bridgehead atoms. The summed E-state index contributed by atoms with van der Waals surface area (Å²) in [6.45, 7) is 6.30. The molecule has 0 saturated heterocycles. The quantitative estimate of drug-likeness (QED) is 0.591. The van der Waals surface area contributed by atoms with E-state index in [-0.39, 0.29) is 11.9 Å². The van der Waals surface area contributed by atoms with Crippen LogP contribution in [0.3, 0.4) is 0 Å². The molecule has 126 valence electrons. The third-order valence-electron chi connectivity index (χ3n) is 4.11. The van der Waals surface area contributed by atoms with Crippen LogP contribution in [0.4, 0.5) is 0 Å². The lowest BCUT2D eigenvalue weighted by Gasteiger charge is -2.18. The normalized spacial score (nSPS) is 15.0. The summed E-state index contributed by atoms with van der Waals surface area (Å²) < 4.78 is 1.96. The molecule has 24 heavy (non-hydrogen) atoms. The van der Waals surface area contributed by atoms with E-state index in [1.807, 2.05) is 29.7 Å². The number of allylic oxidation sites excluding steroid dienone is 1. The molecule has 3 rings (SSSR count). The highest BCUT2D eigenvalue weighted by molar-refractivity contribution is 7.99. The van der Waals surface area contributed by atoms with Crippen molar-refractivity contribution in [2.75, 3.05) is 5.75 Å². The molecule has 2 aromatic rings. The van der Waals surface area contributed by atoms with Crippen molar-refractivity contribution in [2.24, 2.45) is 5.92 Å². The zero-order valence-electron chi connectivity index (χ0n) is 13.8. The largest absolute Gasteiger partial charge is 0.348 e. The molecule has 1 aromatic heterocycles. The number of rotatable bonds is 8. The molecule has 1 amide bonds. The molecule has 1 heterocycles. The van der Waals surface area contributed by atoms with Crippen LogP contribution in [0.25, 0.3) is 0 Å². The number of nitrogens with one attached hydrogen (secondary N) is 1. The molecule has 0 aliphatic heterocycles. The molecule has 1 fully saturated rings. The standard InChI is InChI=1S/C18H22N4OS/c1-3-11-22-13(2)20-21-18(22)24-12-16(23)19-17(15-9-10-15)14-7-5-4-6-8-14/h3-8,15,17H,1,9-12H2,2H3,(H,19,23). The van der Waals surface area contributed by atoms with E-state index in [0.717, 1.165) is 11.0 Å². The van der Waals surface area contributed by atoms with Crippen molar-refractivity contribution in [3.8, 4) is 0 Å². The number of carbonyl (C=O) groups excluding carboxylic acids is 1. The Morgan fingerprint density at radius 1 is 1.42 bits per heavy atom. The fourth-order valence-corrected chi connectivity index (χ4v) is 3.52. The predicted octanol–water partition coefficient (Wildman–Crippen LogP) is 3.13. The van der Waals surface area contributed by atoms with Crippen LogP contribution in [0, 0.1) is 12.8 Å². The van der Waals surface area contributed by atoms with Gasteiger partial charge in [-0.3, -0.25) is 4.79 Å². The molecular formula is C18H22N4OS. The SMILES string of the molecule is C=CCn1c(C)nnc1SCC(=O)NC(c1ccccc1)C1CC1. The Bertz CT molecular complexity index is 709. The van der Waals surface area contributed by atoms with Crippen molar-refractivity contribution < 1.29 is 4.79 Å². The van der Waals surface area contributed by atoms with Crippen LogP contribution < -0.4 is 5.32 Å². The zero-order valence-corrected chi connectivity index (χ0v) is 14.6. The van der Waals surface area contributed by atoms with Gasteiger partial charge in [-0.05, 0) is 31.2 Å². The van der Waals surface area contributed by atoms with Crippen LogP contribution in [0.5, 0.6) is 0 Å². The summed E-state index contributed by atoms with van der Waals surface area (Å²) in [5.74, 6) is 1.77. The first-order valence-corrected chi connectivity index (χ1v) is 9.15. The molecule has 1 aromatic carbocycles. The Hall–Kier alpha value is -2.08. The Morgan fingerprint density at radius 2 is 2.17 bits per heavy atom. The van der Waals surface area contributed by atoms with Gasteiger partial charge in [0, 0.05) is 6.54 Å². The van der Waals surface area contributed by atoms with Crippen molar-refractivity contribution in [1.29, 1.82) is 0 Å². The molecule has 1 aliphatic rings. The second-order valence-electron chi connectivity index (χ2n) is 6.01. The third-order valence-corrected chi connectivity index (χ3v) is 5.08. The monoisotopic (exact) mass is 342 g/mol. The van der Waals surface area contributed by atoms with Gasteiger partial charge in [0.05, 0.1) is 11.8 Å². The smallest absolute Gasteiger partial charge is 0.230 e. The summed E-state index contributed by atoms with van der Waals surface area (Å²) in [4.78, 5) is 12.4. The van der Waals surface area contributed by atoms with Gasteiger partial charge in [-0.25, -0.2) is 0 Å². The first-order chi connectivity index (χ1) is 11.7. The highest BCUT2D eigenvalue weighted by atomic mass is 32.2. The van der Waals surface area contributed by atoms with E-state index in [1.54, 1.807) is 6.08 Å². The minimum Gasteiger partial charge on any atom is -0.348 e. The van der Waals surface area contributed by atoms with Crippen molar-refractivity contribution in [3.63, 3.8) is 0 Å². The van der Waals surface area contributed by atoms with Crippen LogP contribution in [0.1, 0.15) is 30.3 Å². The van der Waals surface area contributed by atoms with Crippen LogP contribution in [-0.4, -0.2) is 26.4 Å². The van der Waals surface area contributed by atoms with Gasteiger partial charge in [-0.1, -0.05) is 48.2 Å². The van der Waals surface area contributed by atoms with Crippen LogP contribution in [-0.2, 0) is 11.3 Å². The van der Waals surface area contributed by atoms with E-state index < -0.39 is 0 Å². The number of nitrogens with zero attached hydrogens (tertiary/aromatic N) is 3. The van der Waals surface area contributed by atoms with Gasteiger partial charge in [-0.15, -0.1) is 16.8 Å². The average molecular weight is 342 g/mol. The number of amides is 1. The number of benzene rings is 1. The van der Waals surface area contributed by atoms with E-state index in [4.69, 9.17) is 0 Å². The van der Waals surface area contributed by atoms with Crippen molar-refractivity contribution in [1.82, 2.24) is 20.1 Å². The number of aromatic nitrogens is 3. The molecule has 1 unspecified atom stereocenters. The molecule has 1 atom stereocenters. The molecule has 1 N–H and O–H groups in total. The van der Waals surface area contributed by atoms with Crippen LogP contribution >= 0.6 is 11.8 Å². The Labute approximate surface area is 146 Å². The maximum absolute atomic E-state index is 12.4. The number of hydrogen-bond donors (Lipinski definition) is 1. The lowest BCUT2D eigenvalue weighted by Crippen LogP contribution is -2.31. The van der Waals surface area contributed by atoms with E-state index in [2.05, 4.69) is 34.2 Å². The first-order valence-electron chi connectivity index (χ1n) is 8.17. The zero-order chi connectivity index (χ0) is 16.9. The van der Waals surface area contributed by atoms with Gasteiger partial charge in [-0.2, -0.15) is 0 Å². The summed E-state index contributed by atoms with van der Waals surface area (Å²) in [6.07, 6.45) is 4.17. The van der Waals surface area contributed by atoms with Crippen LogP contribution in [0.15, 0.2) is 48.1 Å². The summed E-state index contributed by atoms with van der Waals surface area (Å²) >= 11 is 1.41. The first kappa shape index (κ1) is 16.8. The van der Waals surface area contributed by atoms with E-state index in [9.17, 15) is 4.79 Å². The van der Waals surface area contributed by atoms with E-state index in [0.29, 0.717) is 18.2 Å². The van der Waals surface area contributed by atoms with E-state index in [1.165, 1.54) is 30.2 Å². The predicted molar refractivity (Wildman–Crippen MR) is 95.7 cm³/mol.